The molecular formula is C23H27N3O3. The molecule has 29 heavy (non-hydrogen) atoms. The van der Waals surface area contributed by atoms with E-state index in [4.69, 9.17) is 9.72 Å². The SMILES string of the molecule is COc1cccc(CC(=O)N2CCCC3(CCc4c3nc(C3CC3)[nH]c4=O)C2)c1. The highest BCUT2D eigenvalue weighted by atomic mass is 16.5. The van der Waals surface area contributed by atoms with E-state index < -0.39 is 0 Å². The van der Waals surface area contributed by atoms with E-state index in [0.29, 0.717) is 18.9 Å². The van der Waals surface area contributed by atoms with E-state index in [0.717, 1.165) is 73.5 Å². The number of piperidine rings is 1. The number of carbonyl (C=O) groups excluding carboxylic acids is 1. The number of amides is 1. The van der Waals surface area contributed by atoms with Crippen molar-refractivity contribution in [1.29, 1.82) is 0 Å². The first-order chi connectivity index (χ1) is 14.1. The van der Waals surface area contributed by atoms with Gasteiger partial charge in [0.25, 0.3) is 5.56 Å². The highest BCUT2D eigenvalue weighted by molar-refractivity contribution is 5.79. The van der Waals surface area contributed by atoms with E-state index in [9.17, 15) is 9.59 Å². The van der Waals surface area contributed by atoms with Crippen molar-refractivity contribution in [3.05, 3.63) is 57.3 Å². The molecule has 1 saturated carbocycles. The van der Waals surface area contributed by atoms with Gasteiger partial charge in [0.05, 0.1) is 19.2 Å². The Balaban J connectivity index is 1.39. The van der Waals surface area contributed by atoms with Crippen LogP contribution in [0.3, 0.4) is 0 Å². The molecule has 6 heteroatoms. The first-order valence-corrected chi connectivity index (χ1v) is 10.6. The van der Waals surface area contributed by atoms with Gasteiger partial charge < -0.3 is 14.6 Å². The molecule has 2 heterocycles. The molecule has 2 aromatic rings. The predicted octanol–water partition coefficient (Wildman–Crippen LogP) is 2.71. The second-order valence-corrected chi connectivity index (χ2v) is 8.78. The summed E-state index contributed by atoms with van der Waals surface area (Å²) in [6, 6.07) is 7.70. The van der Waals surface area contributed by atoms with E-state index in [1.165, 1.54) is 0 Å². The van der Waals surface area contributed by atoms with Gasteiger partial charge in [-0.2, -0.15) is 0 Å². The molecule has 1 aliphatic heterocycles. The third-order valence-corrected chi connectivity index (χ3v) is 6.77. The van der Waals surface area contributed by atoms with Gasteiger partial charge in [-0.15, -0.1) is 0 Å². The van der Waals surface area contributed by atoms with Crippen molar-refractivity contribution in [2.45, 2.75) is 56.3 Å². The molecule has 2 aliphatic carbocycles. The summed E-state index contributed by atoms with van der Waals surface area (Å²) in [5.74, 6) is 2.18. The number of hydrogen-bond donors (Lipinski definition) is 1. The third-order valence-electron chi connectivity index (χ3n) is 6.77. The number of H-pyrrole nitrogens is 1. The minimum Gasteiger partial charge on any atom is -0.497 e. The lowest BCUT2D eigenvalue weighted by Gasteiger charge is -2.40. The molecule has 1 amide bonds. The van der Waals surface area contributed by atoms with Crippen LogP contribution in [0.5, 0.6) is 5.75 Å². The Bertz CT molecular complexity index is 1010. The lowest BCUT2D eigenvalue weighted by Crippen LogP contribution is -2.48. The summed E-state index contributed by atoms with van der Waals surface area (Å²) < 4.78 is 5.28. The standard InChI is InChI=1S/C23H27N3O3/c1-29-17-5-2-4-15(12-17)13-19(27)26-11-3-9-23(14-26)10-8-18-20(23)24-21(16-6-7-16)25-22(18)28/h2,4-5,12,16H,3,6-11,13-14H2,1H3,(H,24,25,28). The molecule has 152 valence electrons. The zero-order valence-electron chi connectivity index (χ0n) is 16.9. The predicted molar refractivity (Wildman–Crippen MR) is 109 cm³/mol. The molecule has 3 aliphatic rings. The Morgan fingerprint density at radius 2 is 2.21 bits per heavy atom. The largest absolute Gasteiger partial charge is 0.497 e. The van der Waals surface area contributed by atoms with Gasteiger partial charge in [0, 0.05) is 30.0 Å². The van der Waals surface area contributed by atoms with Crippen molar-refractivity contribution in [2.75, 3.05) is 20.2 Å². The average molecular weight is 393 g/mol. The number of aromatic nitrogens is 2. The molecule has 1 N–H and O–H groups in total. The molecule has 5 rings (SSSR count). The van der Waals surface area contributed by atoms with Gasteiger partial charge in [-0.1, -0.05) is 12.1 Å². The highest BCUT2D eigenvalue weighted by Crippen LogP contribution is 2.45. The molecule has 6 nitrogen and oxygen atoms in total. The van der Waals surface area contributed by atoms with Crippen LogP contribution in [0, 0.1) is 0 Å². The van der Waals surface area contributed by atoms with Crippen LogP contribution in [0.25, 0.3) is 0 Å². The van der Waals surface area contributed by atoms with Crippen LogP contribution < -0.4 is 10.3 Å². The number of benzene rings is 1. The van der Waals surface area contributed by atoms with Gasteiger partial charge in [-0.3, -0.25) is 9.59 Å². The fraction of sp³-hybridized carbons (Fsp3) is 0.522. The van der Waals surface area contributed by atoms with Gasteiger partial charge in [-0.25, -0.2) is 4.98 Å². The summed E-state index contributed by atoms with van der Waals surface area (Å²) in [5.41, 5.74) is 2.66. The first kappa shape index (κ1) is 18.4. The van der Waals surface area contributed by atoms with Gasteiger partial charge in [0.15, 0.2) is 0 Å². The van der Waals surface area contributed by atoms with Crippen molar-refractivity contribution < 1.29 is 9.53 Å². The van der Waals surface area contributed by atoms with Crippen molar-refractivity contribution in [2.24, 2.45) is 0 Å². The summed E-state index contributed by atoms with van der Waals surface area (Å²) in [6.07, 6.45) is 6.23. The summed E-state index contributed by atoms with van der Waals surface area (Å²) in [7, 11) is 1.64. The van der Waals surface area contributed by atoms with Crippen LogP contribution in [0.2, 0.25) is 0 Å². The number of rotatable bonds is 4. The van der Waals surface area contributed by atoms with Crippen LogP contribution in [-0.4, -0.2) is 41.0 Å². The number of aromatic amines is 1. The molecule has 0 bridgehead atoms. The van der Waals surface area contributed by atoms with Crippen molar-refractivity contribution in [3.63, 3.8) is 0 Å². The van der Waals surface area contributed by atoms with E-state index in [2.05, 4.69) is 4.98 Å². The second-order valence-electron chi connectivity index (χ2n) is 8.78. The number of hydrogen-bond acceptors (Lipinski definition) is 4. The third kappa shape index (κ3) is 3.34. The average Bonchev–Trinajstić information content (AvgIpc) is 3.53. The minimum atomic E-state index is -0.157. The highest BCUT2D eigenvalue weighted by Gasteiger charge is 2.46. The number of likely N-dealkylation sites (tertiary alicyclic amines) is 1. The topological polar surface area (TPSA) is 75.3 Å². The molecule has 2 fully saturated rings. The maximum absolute atomic E-state index is 13.1. The van der Waals surface area contributed by atoms with Gasteiger partial charge in [0.1, 0.15) is 11.6 Å². The monoisotopic (exact) mass is 393 g/mol. The zero-order valence-corrected chi connectivity index (χ0v) is 16.9. The number of carbonyl (C=O) groups is 1. The Morgan fingerprint density at radius 1 is 1.34 bits per heavy atom. The van der Waals surface area contributed by atoms with Crippen molar-refractivity contribution in [1.82, 2.24) is 14.9 Å². The van der Waals surface area contributed by atoms with E-state index in [-0.39, 0.29) is 16.9 Å². The van der Waals surface area contributed by atoms with Crippen molar-refractivity contribution in [3.8, 4) is 5.75 Å². The number of fused-ring (bicyclic) bond motifs is 2. The van der Waals surface area contributed by atoms with Gasteiger partial charge >= 0.3 is 0 Å². The Hall–Kier alpha value is -2.63. The maximum atomic E-state index is 13.1. The molecule has 1 unspecified atom stereocenters. The van der Waals surface area contributed by atoms with Crippen LogP contribution >= 0.6 is 0 Å². The molecule has 1 aromatic carbocycles. The van der Waals surface area contributed by atoms with Crippen LogP contribution in [0.15, 0.2) is 29.1 Å². The van der Waals surface area contributed by atoms with Crippen LogP contribution in [0.4, 0.5) is 0 Å². The molecule has 1 atom stereocenters. The number of methoxy groups -OCH3 is 1. The van der Waals surface area contributed by atoms with Crippen molar-refractivity contribution >= 4 is 5.91 Å². The van der Waals surface area contributed by atoms with Crippen LogP contribution in [0.1, 0.15) is 60.7 Å². The summed E-state index contributed by atoms with van der Waals surface area (Å²) in [5, 5.41) is 0. The minimum absolute atomic E-state index is 0.0357. The van der Waals surface area contributed by atoms with Crippen LogP contribution in [-0.2, 0) is 23.1 Å². The fourth-order valence-corrected chi connectivity index (χ4v) is 5.03. The molecular weight excluding hydrogens is 366 g/mol. The first-order valence-electron chi connectivity index (χ1n) is 10.6. The van der Waals surface area contributed by atoms with E-state index in [1.807, 2.05) is 29.2 Å². The van der Waals surface area contributed by atoms with E-state index in [1.54, 1.807) is 7.11 Å². The van der Waals surface area contributed by atoms with Gasteiger partial charge in [-0.05, 0) is 56.2 Å². The summed E-state index contributed by atoms with van der Waals surface area (Å²) in [6.45, 7) is 1.45. The quantitative estimate of drug-likeness (QED) is 0.867. The van der Waals surface area contributed by atoms with Gasteiger partial charge in [0.2, 0.25) is 5.91 Å². The fourth-order valence-electron chi connectivity index (χ4n) is 5.03. The Labute approximate surface area is 170 Å². The smallest absolute Gasteiger partial charge is 0.254 e. The number of ether oxygens (including phenoxy) is 1. The second kappa shape index (κ2) is 7.01. The summed E-state index contributed by atoms with van der Waals surface area (Å²) in [4.78, 5) is 35.6. The maximum Gasteiger partial charge on any atom is 0.254 e. The molecule has 1 saturated heterocycles. The number of nitrogens with one attached hydrogen (secondary N) is 1. The summed E-state index contributed by atoms with van der Waals surface area (Å²) >= 11 is 0. The number of nitrogens with zero attached hydrogens (tertiary/aromatic N) is 2. The van der Waals surface area contributed by atoms with E-state index >= 15 is 0 Å². The normalized spacial score (nSPS) is 23.3. The Kier molecular flexibility index (Phi) is 4.45. The molecule has 1 aromatic heterocycles. The Morgan fingerprint density at radius 3 is 3.00 bits per heavy atom. The lowest BCUT2D eigenvalue weighted by molar-refractivity contribution is -0.132. The molecule has 0 radical (unpaired) electrons. The lowest BCUT2D eigenvalue weighted by atomic mass is 9.77. The zero-order chi connectivity index (χ0) is 20.0. The molecule has 1 spiro atoms.